The minimum atomic E-state index is -1.06. The number of hydrogen-bond acceptors (Lipinski definition) is 2. The van der Waals surface area contributed by atoms with Crippen LogP contribution in [0.2, 0.25) is 0 Å². The number of carbonyl (C=O) groups is 2. The summed E-state index contributed by atoms with van der Waals surface area (Å²) in [6, 6.07) is 7.73. The molecule has 20 heavy (non-hydrogen) atoms. The van der Waals surface area contributed by atoms with Crippen LogP contribution >= 0.6 is 0 Å². The molecule has 0 fully saturated rings. The largest absolute Gasteiger partial charge is 0.480 e. The molecule has 2 amide bonds. The number of benzene rings is 1. The first kappa shape index (κ1) is 15.6. The van der Waals surface area contributed by atoms with Crippen molar-refractivity contribution in [2.24, 2.45) is 0 Å². The lowest BCUT2D eigenvalue weighted by Gasteiger charge is -2.15. The standard InChI is InChI=1S/C15H18N2O3/c1-2-3-7-10-16-15(20)17-13(14(18)19)11-12-8-5-4-6-9-12/h4-6,8-9,13H,7,10-11H2,1H3,(H,18,19)(H2,16,17,20). The van der Waals surface area contributed by atoms with E-state index in [0.29, 0.717) is 13.0 Å². The topological polar surface area (TPSA) is 78.4 Å². The van der Waals surface area contributed by atoms with Crippen molar-refractivity contribution in [3.8, 4) is 11.8 Å². The lowest BCUT2D eigenvalue weighted by Crippen LogP contribution is -2.47. The highest BCUT2D eigenvalue weighted by Gasteiger charge is 2.19. The van der Waals surface area contributed by atoms with Crippen molar-refractivity contribution < 1.29 is 14.7 Å². The molecule has 0 bridgehead atoms. The number of carbonyl (C=O) groups excluding carboxylic acids is 1. The Morgan fingerprint density at radius 2 is 2.00 bits per heavy atom. The van der Waals surface area contributed by atoms with Crippen LogP contribution in [-0.4, -0.2) is 29.7 Å². The number of amides is 2. The van der Waals surface area contributed by atoms with Crippen molar-refractivity contribution >= 4 is 12.0 Å². The second kappa shape index (κ2) is 8.59. The molecule has 0 radical (unpaired) electrons. The summed E-state index contributed by atoms with van der Waals surface area (Å²) in [7, 11) is 0. The highest BCUT2D eigenvalue weighted by molar-refractivity contribution is 5.82. The summed E-state index contributed by atoms with van der Waals surface area (Å²) >= 11 is 0. The Kier molecular flexibility index (Phi) is 6.69. The normalized spacial score (nSPS) is 10.8. The van der Waals surface area contributed by atoms with Gasteiger partial charge in [-0.25, -0.2) is 9.59 Å². The SMILES string of the molecule is CC#CCCNC(=O)NC(Cc1ccccc1)C(=O)O. The number of aliphatic carboxylic acids is 1. The lowest BCUT2D eigenvalue weighted by atomic mass is 10.1. The van der Waals surface area contributed by atoms with Crippen LogP contribution < -0.4 is 10.6 Å². The molecule has 1 aromatic carbocycles. The van der Waals surface area contributed by atoms with Crippen LogP contribution in [-0.2, 0) is 11.2 Å². The van der Waals surface area contributed by atoms with Gasteiger partial charge in [0, 0.05) is 19.4 Å². The molecule has 0 heterocycles. The predicted molar refractivity (Wildman–Crippen MR) is 76.2 cm³/mol. The molecule has 0 spiro atoms. The van der Waals surface area contributed by atoms with E-state index in [4.69, 9.17) is 5.11 Å². The van der Waals surface area contributed by atoms with Gasteiger partial charge in [-0.15, -0.1) is 11.8 Å². The zero-order chi connectivity index (χ0) is 14.8. The highest BCUT2D eigenvalue weighted by atomic mass is 16.4. The van der Waals surface area contributed by atoms with Gasteiger partial charge in [0.05, 0.1) is 0 Å². The van der Waals surface area contributed by atoms with Gasteiger partial charge in [-0.05, 0) is 12.5 Å². The molecule has 5 heteroatoms. The number of nitrogens with one attached hydrogen (secondary N) is 2. The summed E-state index contributed by atoms with van der Waals surface area (Å²) in [5.74, 6) is 4.47. The smallest absolute Gasteiger partial charge is 0.326 e. The van der Waals surface area contributed by atoms with Crippen LogP contribution in [0, 0.1) is 11.8 Å². The van der Waals surface area contributed by atoms with Gasteiger partial charge in [0.25, 0.3) is 0 Å². The zero-order valence-corrected chi connectivity index (χ0v) is 11.3. The van der Waals surface area contributed by atoms with E-state index in [2.05, 4.69) is 22.5 Å². The molecule has 1 aromatic rings. The third-order valence-electron chi connectivity index (χ3n) is 2.60. The summed E-state index contributed by atoms with van der Waals surface area (Å²) in [4.78, 5) is 22.7. The fourth-order valence-corrected chi connectivity index (χ4v) is 1.62. The Bertz CT molecular complexity index is 503. The summed E-state index contributed by atoms with van der Waals surface area (Å²) in [6.45, 7) is 2.12. The third-order valence-corrected chi connectivity index (χ3v) is 2.60. The van der Waals surface area contributed by atoms with Gasteiger partial charge in [0.15, 0.2) is 0 Å². The summed E-state index contributed by atoms with van der Waals surface area (Å²) in [5.41, 5.74) is 0.858. The predicted octanol–water partition coefficient (Wildman–Crippen LogP) is 1.39. The Hall–Kier alpha value is -2.48. The first-order chi connectivity index (χ1) is 9.63. The van der Waals surface area contributed by atoms with Crippen LogP contribution in [0.1, 0.15) is 18.9 Å². The molecule has 0 aliphatic heterocycles. The van der Waals surface area contributed by atoms with Crippen LogP contribution in [0.25, 0.3) is 0 Å². The molecule has 0 aliphatic carbocycles. The molecule has 3 N–H and O–H groups in total. The maximum atomic E-state index is 11.6. The lowest BCUT2D eigenvalue weighted by molar-refractivity contribution is -0.139. The molecule has 0 saturated carbocycles. The summed E-state index contributed by atoms with van der Waals surface area (Å²) in [6.07, 6.45) is 0.790. The fraction of sp³-hybridized carbons (Fsp3) is 0.333. The monoisotopic (exact) mass is 274 g/mol. The summed E-state index contributed by atoms with van der Waals surface area (Å²) in [5, 5.41) is 14.1. The molecule has 0 aromatic heterocycles. The van der Waals surface area contributed by atoms with E-state index in [1.54, 1.807) is 6.92 Å². The fourth-order valence-electron chi connectivity index (χ4n) is 1.62. The first-order valence-electron chi connectivity index (χ1n) is 6.34. The second-order valence-corrected chi connectivity index (χ2v) is 4.16. The number of hydrogen-bond donors (Lipinski definition) is 3. The molecule has 0 aliphatic rings. The van der Waals surface area contributed by atoms with Crippen LogP contribution in [0.4, 0.5) is 4.79 Å². The Morgan fingerprint density at radius 1 is 1.30 bits per heavy atom. The molecular formula is C15H18N2O3. The van der Waals surface area contributed by atoms with Crippen molar-refractivity contribution in [1.29, 1.82) is 0 Å². The number of urea groups is 1. The average Bonchev–Trinajstić information content (AvgIpc) is 2.44. The Labute approximate surface area is 118 Å². The molecule has 1 unspecified atom stereocenters. The minimum Gasteiger partial charge on any atom is -0.480 e. The van der Waals surface area contributed by atoms with Crippen molar-refractivity contribution in [2.75, 3.05) is 6.54 Å². The van der Waals surface area contributed by atoms with Crippen LogP contribution in [0.15, 0.2) is 30.3 Å². The van der Waals surface area contributed by atoms with E-state index in [1.807, 2.05) is 30.3 Å². The van der Waals surface area contributed by atoms with E-state index in [0.717, 1.165) is 5.56 Å². The maximum absolute atomic E-state index is 11.6. The van der Waals surface area contributed by atoms with Crippen molar-refractivity contribution in [2.45, 2.75) is 25.8 Å². The quantitative estimate of drug-likeness (QED) is 0.542. The van der Waals surface area contributed by atoms with E-state index in [9.17, 15) is 9.59 Å². The molecule has 106 valence electrons. The highest BCUT2D eigenvalue weighted by Crippen LogP contribution is 2.03. The molecule has 1 rings (SSSR count). The minimum absolute atomic E-state index is 0.248. The van der Waals surface area contributed by atoms with Gasteiger partial charge in [0.2, 0.25) is 0 Å². The van der Waals surface area contributed by atoms with E-state index >= 15 is 0 Å². The third kappa shape index (κ3) is 5.91. The van der Waals surface area contributed by atoms with E-state index in [-0.39, 0.29) is 6.42 Å². The van der Waals surface area contributed by atoms with Gasteiger partial charge in [-0.2, -0.15) is 0 Å². The van der Waals surface area contributed by atoms with Crippen LogP contribution in [0.5, 0.6) is 0 Å². The number of carboxylic acids is 1. The van der Waals surface area contributed by atoms with Crippen molar-refractivity contribution in [3.63, 3.8) is 0 Å². The second-order valence-electron chi connectivity index (χ2n) is 4.16. The average molecular weight is 274 g/mol. The molecule has 0 saturated heterocycles. The summed E-state index contributed by atoms with van der Waals surface area (Å²) < 4.78 is 0. The Balaban J connectivity index is 2.48. The maximum Gasteiger partial charge on any atom is 0.326 e. The first-order valence-corrected chi connectivity index (χ1v) is 6.34. The van der Waals surface area contributed by atoms with Crippen molar-refractivity contribution in [3.05, 3.63) is 35.9 Å². The molecular weight excluding hydrogens is 256 g/mol. The van der Waals surface area contributed by atoms with Gasteiger partial charge in [-0.1, -0.05) is 30.3 Å². The van der Waals surface area contributed by atoms with E-state index in [1.165, 1.54) is 0 Å². The Morgan fingerprint density at radius 3 is 2.60 bits per heavy atom. The zero-order valence-electron chi connectivity index (χ0n) is 11.3. The van der Waals surface area contributed by atoms with Gasteiger partial charge in [-0.3, -0.25) is 0 Å². The van der Waals surface area contributed by atoms with Gasteiger partial charge >= 0.3 is 12.0 Å². The van der Waals surface area contributed by atoms with E-state index < -0.39 is 18.0 Å². The van der Waals surface area contributed by atoms with Crippen LogP contribution in [0.3, 0.4) is 0 Å². The van der Waals surface area contributed by atoms with Gasteiger partial charge < -0.3 is 15.7 Å². The number of rotatable bonds is 6. The molecule has 5 nitrogen and oxygen atoms in total. The molecule has 1 atom stereocenters. The van der Waals surface area contributed by atoms with Gasteiger partial charge in [0.1, 0.15) is 6.04 Å². The van der Waals surface area contributed by atoms with Crippen molar-refractivity contribution in [1.82, 2.24) is 10.6 Å². The number of carboxylic acid groups (broad SMARTS) is 1.